The van der Waals surface area contributed by atoms with Gasteiger partial charge in [-0.1, -0.05) is 61.4 Å². The molecule has 104 valence electrons. The average Bonchev–Trinajstić information content (AvgIpc) is 2.28. The molecular formula is C14H30BrNO. The summed E-state index contributed by atoms with van der Waals surface area (Å²) in [5.74, 6) is 0. The monoisotopic (exact) mass is 307 g/mol. The first kappa shape index (κ1) is 17.4. The lowest BCUT2D eigenvalue weighted by atomic mass is 10.1. The fourth-order valence-corrected chi connectivity index (χ4v) is 2.76. The van der Waals surface area contributed by atoms with Gasteiger partial charge in [0.25, 0.3) is 0 Å². The van der Waals surface area contributed by atoms with Crippen molar-refractivity contribution in [1.29, 1.82) is 0 Å². The van der Waals surface area contributed by atoms with Crippen molar-refractivity contribution in [3.63, 3.8) is 0 Å². The molecule has 0 heterocycles. The molecule has 17 heavy (non-hydrogen) atoms. The van der Waals surface area contributed by atoms with Crippen LogP contribution in [0.25, 0.3) is 0 Å². The molecule has 0 aliphatic rings. The zero-order valence-electron chi connectivity index (χ0n) is 11.9. The molecule has 0 aromatic carbocycles. The Labute approximate surface area is 116 Å². The molecule has 1 atom stereocenters. The first-order valence-electron chi connectivity index (χ1n) is 7.02. The third kappa shape index (κ3) is 12.6. The largest absolute Gasteiger partial charge is 0.383 e. The van der Waals surface area contributed by atoms with E-state index in [0.29, 0.717) is 4.83 Å². The Morgan fingerprint density at radius 3 is 2.24 bits per heavy atom. The van der Waals surface area contributed by atoms with Gasteiger partial charge in [0, 0.05) is 13.7 Å². The minimum Gasteiger partial charge on any atom is -0.383 e. The van der Waals surface area contributed by atoms with Gasteiger partial charge < -0.3 is 9.64 Å². The summed E-state index contributed by atoms with van der Waals surface area (Å²) in [4.78, 5) is 2.85. The molecule has 0 aromatic heterocycles. The number of hydrogen-bond acceptors (Lipinski definition) is 2. The van der Waals surface area contributed by atoms with E-state index in [2.05, 4.69) is 34.8 Å². The van der Waals surface area contributed by atoms with E-state index in [1.807, 2.05) is 0 Å². The van der Waals surface area contributed by atoms with Crippen LogP contribution in [0.1, 0.15) is 51.9 Å². The predicted molar refractivity (Wildman–Crippen MR) is 80.1 cm³/mol. The Balaban J connectivity index is 3.24. The molecule has 3 heteroatoms. The highest BCUT2D eigenvalue weighted by Crippen LogP contribution is 2.08. The van der Waals surface area contributed by atoms with Gasteiger partial charge in [0.2, 0.25) is 0 Å². The van der Waals surface area contributed by atoms with Crippen LogP contribution in [0.15, 0.2) is 0 Å². The second-order valence-electron chi connectivity index (χ2n) is 4.94. The minimum absolute atomic E-state index is 0.460. The number of unbranched alkanes of at least 4 members (excludes halogenated alkanes) is 6. The second kappa shape index (κ2) is 12.8. The topological polar surface area (TPSA) is 12.5 Å². The second-order valence-corrected chi connectivity index (χ2v) is 6.23. The van der Waals surface area contributed by atoms with E-state index in [9.17, 15) is 0 Å². The van der Waals surface area contributed by atoms with Gasteiger partial charge in [-0.2, -0.15) is 0 Å². The highest BCUT2D eigenvalue weighted by molar-refractivity contribution is 9.09. The summed E-state index contributed by atoms with van der Waals surface area (Å²) in [6, 6.07) is 0. The van der Waals surface area contributed by atoms with E-state index in [-0.39, 0.29) is 0 Å². The zero-order chi connectivity index (χ0) is 12.9. The maximum absolute atomic E-state index is 5.11. The van der Waals surface area contributed by atoms with Gasteiger partial charge in [-0.15, -0.1) is 0 Å². The third-order valence-corrected chi connectivity index (χ3v) is 3.55. The first-order chi connectivity index (χ1) is 8.20. The molecule has 0 saturated heterocycles. The highest BCUT2D eigenvalue weighted by Gasteiger charge is 2.06. The van der Waals surface area contributed by atoms with Gasteiger partial charge in [-0.3, -0.25) is 0 Å². The Bertz CT molecular complexity index is 155. The summed E-state index contributed by atoms with van der Waals surface area (Å²) in [7, 11) is 3.95. The van der Waals surface area contributed by atoms with E-state index in [1.54, 1.807) is 7.11 Å². The van der Waals surface area contributed by atoms with Crippen LogP contribution in [0.3, 0.4) is 0 Å². The quantitative estimate of drug-likeness (QED) is 0.398. The van der Waals surface area contributed by atoms with Crippen LogP contribution in [0.4, 0.5) is 0 Å². The molecule has 0 spiro atoms. The summed E-state index contributed by atoms with van der Waals surface area (Å²) in [5.41, 5.74) is 0. The van der Waals surface area contributed by atoms with Crippen LogP contribution in [0.5, 0.6) is 0 Å². The minimum atomic E-state index is 0.460. The highest BCUT2D eigenvalue weighted by atomic mass is 79.9. The van der Waals surface area contributed by atoms with E-state index >= 15 is 0 Å². The molecule has 0 aromatic rings. The fourth-order valence-electron chi connectivity index (χ4n) is 2.00. The molecule has 0 fully saturated rings. The van der Waals surface area contributed by atoms with E-state index in [4.69, 9.17) is 4.74 Å². The standard InChI is InChI=1S/C14H30BrNO/c1-4-5-6-7-8-9-10-11-16(2)12-14(15)13-17-3/h14H,4-13H2,1-3H3. The Morgan fingerprint density at radius 2 is 1.65 bits per heavy atom. The lowest BCUT2D eigenvalue weighted by Gasteiger charge is -2.19. The van der Waals surface area contributed by atoms with Crippen molar-refractivity contribution in [2.45, 2.75) is 56.7 Å². The van der Waals surface area contributed by atoms with Crippen molar-refractivity contribution in [1.82, 2.24) is 4.90 Å². The SMILES string of the molecule is CCCCCCCCCN(C)CC(Br)COC. The number of halogens is 1. The number of ether oxygens (including phenoxy) is 1. The van der Waals surface area contributed by atoms with Gasteiger partial charge in [-0.05, 0) is 20.0 Å². The number of hydrogen-bond donors (Lipinski definition) is 0. The maximum Gasteiger partial charge on any atom is 0.0600 e. The molecule has 0 aliphatic heterocycles. The summed E-state index contributed by atoms with van der Waals surface area (Å²) >= 11 is 3.62. The molecule has 2 nitrogen and oxygen atoms in total. The molecule has 0 bridgehead atoms. The zero-order valence-corrected chi connectivity index (χ0v) is 13.5. The van der Waals surface area contributed by atoms with Gasteiger partial charge in [0.05, 0.1) is 11.4 Å². The number of nitrogens with zero attached hydrogens (tertiary/aromatic N) is 1. The number of alkyl halides is 1. The van der Waals surface area contributed by atoms with Crippen molar-refractivity contribution in [2.75, 3.05) is 33.9 Å². The fraction of sp³-hybridized carbons (Fsp3) is 1.00. The van der Waals surface area contributed by atoms with Crippen LogP contribution in [-0.4, -0.2) is 43.6 Å². The van der Waals surface area contributed by atoms with Crippen LogP contribution < -0.4 is 0 Å². The molecule has 0 rings (SSSR count). The molecule has 0 amide bonds. The van der Waals surface area contributed by atoms with E-state index in [1.165, 1.54) is 51.5 Å². The number of rotatable bonds is 12. The Hall–Kier alpha value is 0.400. The number of methoxy groups -OCH3 is 1. The molecule has 0 radical (unpaired) electrons. The molecule has 1 unspecified atom stereocenters. The maximum atomic E-state index is 5.11. The summed E-state index contributed by atoms with van der Waals surface area (Å²) in [5, 5.41) is 0. The van der Waals surface area contributed by atoms with E-state index < -0.39 is 0 Å². The van der Waals surface area contributed by atoms with E-state index in [0.717, 1.165) is 13.2 Å². The van der Waals surface area contributed by atoms with Crippen LogP contribution in [0.2, 0.25) is 0 Å². The molecule has 0 saturated carbocycles. The molecule has 0 aliphatic carbocycles. The average molecular weight is 308 g/mol. The van der Waals surface area contributed by atoms with Crippen LogP contribution >= 0.6 is 15.9 Å². The van der Waals surface area contributed by atoms with Crippen molar-refractivity contribution in [2.24, 2.45) is 0 Å². The Kier molecular flexibility index (Phi) is 13.1. The smallest absolute Gasteiger partial charge is 0.0600 e. The van der Waals surface area contributed by atoms with Crippen molar-refractivity contribution >= 4 is 15.9 Å². The van der Waals surface area contributed by atoms with Crippen LogP contribution in [-0.2, 0) is 4.74 Å². The van der Waals surface area contributed by atoms with Crippen LogP contribution in [0, 0.1) is 0 Å². The molecule has 0 N–H and O–H groups in total. The summed E-state index contributed by atoms with van der Waals surface area (Å²) in [6.45, 7) is 5.34. The lowest BCUT2D eigenvalue weighted by Crippen LogP contribution is -2.29. The van der Waals surface area contributed by atoms with Gasteiger partial charge in [0.15, 0.2) is 0 Å². The summed E-state index contributed by atoms with van der Waals surface area (Å²) < 4.78 is 5.11. The van der Waals surface area contributed by atoms with Gasteiger partial charge in [0.1, 0.15) is 0 Å². The summed E-state index contributed by atoms with van der Waals surface area (Å²) in [6.07, 6.45) is 9.70. The van der Waals surface area contributed by atoms with Gasteiger partial charge in [-0.25, -0.2) is 0 Å². The van der Waals surface area contributed by atoms with Crippen molar-refractivity contribution in [3.8, 4) is 0 Å². The third-order valence-electron chi connectivity index (χ3n) is 3.00. The van der Waals surface area contributed by atoms with Crippen molar-refractivity contribution in [3.05, 3.63) is 0 Å². The first-order valence-corrected chi connectivity index (χ1v) is 7.93. The van der Waals surface area contributed by atoms with Gasteiger partial charge >= 0.3 is 0 Å². The Morgan fingerprint density at radius 1 is 1.06 bits per heavy atom. The normalized spacial score (nSPS) is 13.2. The molecular weight excluding hydrogens is 278 g/mol. The predicted octanol–water partition coefficient (Wildman–Crippen LogP) is 4.08. The van der Waals surface area contributed by atoms with Crippen molar-refractivity contribution < 1.29 is 4.74 Å². The lowest BCUT2D eigenvalue weighted by molar-refractivity contribution is 0.185.